The van der Waals surface area contributed by atoms with Gasteiger partial charge >= 0.3 is 0 Å². The van der Waals surface area contributed by atoms with Gasteiger partial charge in [0.2, 0.25) is 0 Å². The number of rotatable bonds is 8. The summed E-state index contributed by atoms with van der Waals surface area (Å²) in [6.07, 6.45) is 5.38. The van der Waals surface area contributed by atoms with E-state index >= 15 is 0 Å². The van der Waals surface area contributed by atoms with E-state index < -0.39 is 0 Å². The number of nitrogens with one attached hydrogen (secondary N) is 3. The van der Waals surface area contributed by atoms with Gasteiger partial charge in [-0.1, -0.05) is 12.1 Å². The summed E-state index contributed by atoms with van der Waals surface area (Å²) in [5.41, 5.74) is 7.87. The molecule has 2 heterocycles. The van der Waals surface area contributed by atoms with Crippen molar-refractivity contribution in [2.75, 3.05) is 29.5 Å². The van der Waals surface area contributed by atoms with Crippen LogP contribution in [0.5, 0.6) is 0 Å². The second-order valence-electron chi connectivity index (χ2n) is 6.25. The topological polar surface area (TPSA) is 122 Å². The van der Waals surface area contributed by atoms with Gasteiger partial charge in [0.05, 0.1) is 22.5 Å². The number of nitrogens with two attached hydrogens (primary N) is 1. The Kier molecular flexibility index (Phi) is 6.72. The van der Waals surface area contributed by atoms with Gasteiger partial charge in [0.25, 0.3) is 11.8 Å². The molecule has 3 aromatic rings. The van der Waals surface area contributed by atoms with Crippen LogP contribution in [-0.4, -0.2) is 34.9 Å². The number of para-hydroxylation sites is 2. The van der Waals surface area contributed by atoms with E-state index in [4.69, 9.17) is 5.73 Å². The molecule has 0 atom stereocenters. The van der Waals surface area contributed by atoms with Crippen LogP contribution in [0.15, 0.2) is 67.1 Å². The number of hydrogen-bond acceptors (Lipinski definition) is 6. The molecule has 148 valence electrons. The second-order valence-corrected chi connectivity index (χ2v) is 6.25. The Balaban J connectivity index is 1.41. The maximum atomic E-state index is 12.3. The Bertz CT molecular complexity index is 960. The van der Waals surface area contributed by atoms with Gasteiger partial charge in [0, 0.05) is 31.7 Å². The van der Waals surface area contributed by atoms with E-state index in [9.17, 15) is 9.59 Å². The zero-order valence-corrected chi connectivity index (χ0v) is 15.8. The number of nitrogen functional groups attached to an aromatic ring is 1. The molecule has 3 rings (SSSR count). The van der Waals surface area contributed by atoms with Gasteiger partial charge in [-0.2, -0.15) is 0 Å². The second kappa shape index (κ2) is 9.84. The fourth-order valence-electron chi connectivity index (χ4n) is 2.54. The van der Waals surface area contributed by atoms with Crippen LogP contribution in [0.3, 0.4) is 0 Å². The summed E-state index contributed by atoms with van der Waals surface area (Å²) < 4.78 is 0. The molecule has 2 aromatic heterocycles. The number of hydrogen-bond donors (Lipinski definition) is 4. The van der Waals surface area contributed by atoms with Crippen molar-refractivity contribution in [3.8, 4) is 0 Å². The van der Waals surface area contributed by atoms with Crippen LogP contribution in [0, 0.1) is 0 Å². The van der Waals surface area contributed by atoms with E-state index in [-0.39, 0.29) is 11.8 Å². The van der Waals surface area contributed by atoms with E-state index in [1.54, 1.807) is 54.7 Å². The molecule has 0 aliphatic rings. The van der Waals surface area contributed by atoms with Gasteiger partial charge in [0.1, 0.15) is 5.82 Å². The molecule has 0 radical (unpaired) electrons. The molecular formula is C21H22N6O2. The largest absolute Gasteiger partial charge is 0.397 e. The highest BCUT2D eigenvalue weighted by atomic mass is 16.2. The molecule has 0 aliphatic heterocycles. The third-order valence-electron chi connectivity index (χ3n) is 4.10. The third-order valence-corrected chi connectivity index (χ3v) is 4.10. The summed E-state index contributed by atoms with van der Waals surface area (Å²) in [6.45, 7) is 1.16. The molecule has 1 aromatic carbocycles. The number of benzene rings is 1. The maximum Gasteiger partial charge on any atom is 0.257 e. The number of nitrogens with zero attached hydrogens (tertiary/aromatic N) is 2. The molecule has 0 bridgehead atoms. The molecule has 0 saturated heterocycles. The standard InChI is InChI=1S/C21H22N6O2/c22-17-6-1-2-7-18(17)27-21(29)16-8-9-19(26-14-16)24-11-4-12-25-20(28)15-5-3-10-23-13-15/h1-3,5-10,13-14H,4,11-12,22H2,(H,24,26)(H,25,28)(H,27,29). The number of pyridine rings is 2. The van der Waals surface area contributed by atoms with Crippen molar-refractivity contribution in [1.82, 2.24) is 15.3 Å². The third kappa shape index (κ3) is 5.77. The normalized spacial score (nSPS) is 10.2. The first-order valence-corrected chi connectivity index (χ1v) is 9.17. The van der Waals surface area contributed by atoms with Crippen LogP contribution in [0.4, 0.5) is 17.2 Å². The first-order chi connectivity index (χ1) is 14.1. The maximum absolute atomic E-state index is 12.3. The lowest BCUT2D eigenvalue weighted by Gasteiger charge is -2.09. The van der Waals surface area contributed by atoms with Crippen molar-refractivity contribution in [3.63, 3.8) is 0 Å². The van der Waals surface area contributed by atoms with Gasteiger partial charge in [-0.15, -0.1) is 0 Å². The summed E-state index contributed by atoms with van der Waals surface area (Å²) in [5, 5.41) is 8.75. The lowest BCUT2D eigenvalue weighted by Crippen LogP contribution is -2.25. The Morgan fingerprint density at radius 3 is 2.45 bits per heavy atom. The minimum absolute atomic E-state index is 0.148. The lowest BCUT2D eigenvalue weighted by molar-refractivity contribution is 0.0952. The number of anilines is 3. The van der Waals surface area contributed by atoms with Crippen LogP contribution in [0.25, 0.3) is 0 Å². The van der Waals surface area contributed by atoms with Crippen LogP contribution in [-0.2, 0) is 0 Å². The molecule has 8 nitrogen and oxygen atoms in total. The molecule has 0 fully saturated rings. The van der Waals surface area contributed by atoms with Gasteiger partial charge in [-0.05, 0) is 42.8 Å². The van der Waals surface area contributed by atoms with Crippen LogP contribution in [0.1, 0.15) is 27.1 Å². The summed E-state index contributed by atoms with van der Waals surface area (Å²) in [7, 11) is 0. The minimum Gasteiger partial charge on any atom is -0.397 e. The predicted octanol–water partition coefficient (Wildman–Crippen LogP) is 2.54. The van der Waals surface area contributed by atoms with Gasteiger partial charge in [-0.25, -0.2) is 4.98 Å². The van der Waals surface area contributed by atoms with E-state index in [1.807, 2.05) is 0 Å². The van der Waals surface area contributed by atoms with E-state index in [0.29, 0.717) is 41.4 Å². The van der Waals surface area contributed by atoms with Crippen molar-refractivity contribution in [1.29, 1.82) is 0 Å². The van der Waals surface area contributed by atoms with Crippen LogP contribution < -0.4 is 21.7 Å². The quantitative estimate of drug-likeness (QED) is 0.346. The van der Waals surface area contributed by atoms with Crippen LogP contribution in [0.2, 0.25) is 0 Å². The highest BCUT2D eigenvalue weighted by Crippen LogP contribution is 2.18. The number of aromatic nitrogens is 2. The molecule has 0 aliphatic carbocycles. The molecule has 2 amide bonds. The fraction of sp³-hybridized carbons (Fsp3) is 0.143. The first kappa shape index (κ1) is 19.8. The summed E-state index contributed by atoms with van der Waals surface area (Å²) in [5.74, 6) is 0.227. The van der Waals surface area contributed by atoms with E-state index in [1.165, 1.54) is 12.4 Å². The van der Waals surface area contributed by atoms with E-state index in [2.05, 4.69) is 25.9 Å². The van der Waals surface area contributed by atoms with Crippen molar-refractivity contribution in [2.45, 2.75) is 6.42 Å². The SMILES string of the molecule is Nc1ccccc1NC(=O)c1ccc(NCCCNC(=O)c2cccnc2)nc1. The fourth-order valence-corrected chi connectivity index (χ4v) is 2.54. The highest BCUT2D eigenvalue weighted by molar-refractivity contribution is 6.05. The average Bonchev–Trinajstić information content (AvgIpc) is 2.76. The molecule has 8 heteroatoms. The van der Waals surface area contributed by atoms with Gasteiger partial charge in [0.15, 0.2) is 0 Å². The zero-order valence-electron chi connectivity index (χ0n) is 15.8. The molecule has 0 spiro atoms. The summed E-state index contributed by atoms with van der Waals surface area (Å²) >= 11 is 0. The molecule has 29 heavy (non-hydrogen) atoms. The van der Waals surface area contributed by atoms with Crippen molar-refractivity contribution in [3.05, 3.63) is 78.2 Å². The van der Waals surface area contributed by atoms with Crippen molar-refractivity contribution in [2.24, 2.45) is 0 Å². The van der Waals surface area contributed by atoms with Gasteiger partial charge < -0.3 is 21.7 Å². The molecule has 0 saturated carbocycles. The smallest absolute Gasteiger partial charge is 0.257 e. The monoisotopic (exact) mass is 390 g/mol. The van der Waals surface area contributed by atoms with E-state index in [0.717, 1.165) is 6.42 Å². The average molecular weight is 390 g/mol. The highest BCUT2D eigenvalue weighted by Gasteiger charge is 2.08. The van der Waals surface area contributed by atoms with Crippen LogP contribution >= 0.6 is 0 Å². The molecular weight excluding hydrogens is 368 g/mol. The Labute approximate surface area is 168 Å². The lowest BCUT2D eigenvalue weighted by atomic mass is 10.2. The summed E-state index contributed by atoms with van der Waals surface area (Å²) in [4.78, 5) is 32.4. The molecule has 0 unspecified atom stereocenters. The number of amides is 2. The van der Waals surface area contributed by atoms with Gasteiger partial charge in [-0.3, -0.25) is 14.6 Å². The number of carbonyl (C=O) groups is 2. The molecule has 5 N–H and O–H groups in total. The van der Waals surface area contributed by atoms with Crippen molar-refractivity contribution < 1.29 is 9.59 Å². The van der Waals surface area contributed by atoms with Crippen molar-refractivity contribution >= 4 is 29.0 Å². The minimum atomic E-state index is -0.278. The first-order valence-electron chi connectivity index (χ1n) is 9.17. The summed E-state index contributed by atoms with van der Waals surface area (Å²) in [6, 6.07) is 13.9. The Hall–Kier alpha value is -3.94. The Morgan fingerprint density at radius 2 is 1.72 bits per heavy atom. The zero-order chi connectivity index (χ0) is 20.5. The Morgan fingerprint density at radius 1 is 0.897 bits per heavy atom. The number of carbonyl (C=O) groups excluding carboxylic acids is 2. The predicted molar refractivity (Wildman–Crippen MR) is 113 cm³/mol.